The molecule has 0 N–H and O–H groups in total. The third-order valence-corrected chi connectivity index (χ3v) is 7.54. The molecule has 0 aliphatic rings. The number of hydrogen-bond acceptors (Lipinski definition) is 6. The van der Waals surface area contributed by atoms with Crippen LogP contribution in [0.5, 0.6) is 23.0 Å². The molecule has 4 aromatic carbocycles. The number of carbonyl (C=O) groups excluding carboxylic acids is 2. The number of carbonyl (C=O) groups is 2. The van der Waals surface area contributed by atoms with Crippen LogP contribution >= 0.6 is 0 Å². The van der Waals surface area contributed by atoms with Crippen LogP contribution in [0.2, 0.25) is 0 Å². The van der Waals surface area contributed by atoms with Crippen LogP contribution in [0.25, 0.3) is 22.3 Å². The van der Waals surface area contributed by atoms with E-state index in [2.05, 4.69) is 9.47 Å². The fourth-order valence-corrected chi connectivity index (χ4v) is 5.13. The predicted octanol–water partition coefficient (Wildman–Crippen LogP) is 11.4. The van der Waals surface area contributed by atoms with Crippen molar-refractivity contribution < 1.29 is 72.4 Å². The monoisotopic (exact) mass is 760 g/mol. The number of ether oxygens (including phenoxy) is 4. The highest BCUT2D eigenvalue weighted by Crippen LogP contribution is 2.34. The van der Waals surface area contributed by atoms with Crippen LogP contribution in [-0.2, 0) is 9.59 Å². The smallest absolute Gasteiger partial charge is 0.426 e. The summed E-state index contributed by atoms with van der Waals surface area (Å²) in [6.45, 7) is 0. The Bertz CT molecular complexity index is 1760. The molecule has 16 heteroatoms. The average Bonchev–Trinajstić information content (AvgIpc) is 3.05. The maximum absolute atomic E-state index is 14.6. The number of rotatable bonds is 16. The number of halogens is 10. The molecule has 0 aliphatic heterocycles. The molecule has 0 amide bonds. The maximum atomic E-state index is 14.6. The van der Waals surface area contributed by atoms with E-state index in [0.717, 1.165) is 55.7 Å². The molecule has 6 nitrogen and oxygen atoms in total. The van der Waals surface area contributed by atoms with Crippen LogP contribution in [0.4, 0.5) is 43.9 Å². The van der Waals surface area contributed by atoms with Crippen molar-refractivity contribution in [1.82, 2.24) is 0 Å². The second-order valence-corrected chi connectivity index (χ2v) is 11.6. The third kappa shape index (κ3) is 13.0. The van der Waals surface area contributed by atoms with Crippen LogP contribution in [0.1, 0.15) is 57.8 Å². The van der Waals surface area contributed by atoms with Gasteiger partial charge in [0.2, 0.25) is 0 Å². The number of hydrogen-bond donors (Lipinski definition) is 0. The Hall–Kier alpha value is -5.28. The zero-order valence-electron chi connectivity index (χ0n) is 27.5. The van der Waals surface area contributed by atoms with Gasteiger partial charge in [0.15, 0.2) is 23.1 Å². The van der Waals surface area contributed by atoms with Crippen molar-refractivity contribution in [3.05, 3.63) is 96.1 Å². The van der Waals surface area contributed by atoms with E-state index in [4.69, 9.17) is 9.47 Å². The average molecular weight is 761 g/mol. The van der Waals surface area contributed by atoms with E-state index in [9.17, 15) is 53.5 Å². The molecule has 284 valence electrons. The third-order valence-electron chi connectivity index (χ3n) is 7.54. The van der Waals surface area contributed by atoms with Crippen LogP contribution in [0.15, 0.2) is 72.8 Å². The van der Waals surface area contributed by atoms with Crippen LogP contribution < -0.4 is 18.9 Å². The lowest BCUT2D eigenvalue weighted by atomic mass is 10.0. The Kier molecular flexibility index (Phi) is 13.7. The number of unbranched alkanes of at least 4 members (excludes halogenated alkanes) is 6. The van der Waals surface area contributed by atoms with Gasteiger partial charge in [-0.3, -0.25) is 9.59 Å². The molecule has 4 rings (SSSR count). The molecule has 0 aliphatic carbocycles. The van der Waals surface area contributed by atoms with Crippen molar-refractivity contribution >= 4 is 11.9 Å². The molecule has 0 heterocycles. The van der Waals surface area contributed by atoms with E-state index in [1.165, 1.54) is 24.3 Å². The lowest BCUT2D eigenvalue weighted by Crippen LogP contribution is -2.17. The fraction of sp³-hybridized carbons (Fsp3) is 0.297. The Morgan fingerprint density at radius 2 is 0.811 bits per heavy atom. The first-order chi connectivity index (χ1) is 25.0. The molecule has 0 bridgehead atoms. The Labute approximate surface area is 296 Å². The molecular formula is C37H30F10O6. The minimum absolute atomic E-state index is 0.0524. The van der Waals surface area contributed by atoms with Gasteiger partial charge < -0.3 is 18.9 Å². The molecule has 0 saturated heterocycles. The van der Waals surface area contributed by atoms with E-state index in [-0.39, 0.29) is 46.6 Å². The summed E-state index contributed by atoms with van der Waals surface area (Å²) in [6.07, 6.45) is -5.28. The largest absolute Gasteiger partial charge is 0.573 e. The summed E-state index contributed by atoms with van der Waals surface area (Å²) in [4.78, 5) is 24.4. The van der Waals surface area contributed by atoms with Gasteiger partial charge in [-0.25, -0.2) is 17.6 Å². The molecular weight excluding hydrogens is 730 g/mol. The Morgan fingerprint density at radius 3 is 1.13 bits per heavy atom. The van der Waals surface area contributed by atoms with Crippen molar-refractivity contribution in [3.8, 4) is 45.3 Å². The summed E-state index contributed by atoms with van der Waals surface area (Å²) in [5, 5.41) is 0. The van der Waals surface area contributed by atoms with Gasteiger partial charge in [0.25, 0.3) is 0 Å². The summed E-state index contributed by atoms with van der Waals surface area (Å²) >= 11 is 0. The van der Waals surface area contributed by atoms with Crippen molar-refractivity contribution in [1.29, 1.82) is 0 Å². The lowest BCUT2D eigenvalue weighted by molar-refractivity contribution is -0.276. The molecule has 4 aromatic rings. The molecule has 0 radical (unpaired) electrons. The lowest BCUT2D eigenvalue weighted by Gasteiger charge is -2.11. The molecule has 0 fully saturated rings. The van der Waals surface area contributed by atoms with Gasteiger partial charge in [0.05, 0.1) is 0 Å². The van der Waals surface area contributed by atoms with Gasteiger partial charge >= 0.3 is 24.7 Å². The Balaban J connectivity index is 1.09. The fourth-order valence-electron chi connectivity index (χ4n) is 5.13. The quantitative estimate of drug-likeness (QED) is 0.0490. The summed E-state index contributed by atoms with van der Waals surface area (Å²) in [7, 11) is 0. The van der Waals surface area contributed by atoms with Crippen molar-refractivity contribution in [2.45, 2.75) is 70.5 Å². The second kappa shape index (κ2) is 18.0. The minimum atomic E-state index is -5.09. The van der Waals surface area contributed by atoms with E-state index >= 15 is 0 Å². The van der Waals surface area contributed by atoms with Gasteiger partial charge in [-0.1, -0.05) is 44.2 Å². The topological polar surface area (TPSA) is 71.1 Å². The van der Waals surface area contributed by atoms with Crippen molar-refractivity contribution in [2.24, 2.45) is 0 Å². The highest BCUT2D eigenvalue weighted by Gasteiger charge is 2.33. The zero-order valence-corrected chi connectivity index (χ0v) is 27.5. The van der Waals surface area contributed by atoms with E-state index in [0.29, 0.717) is 37.8 Å². The Morgan fingerprint density at radius 1 is 0.453 bits per heavy atom. The minimum Gasteiger partial charge on any atom is -0.426 e. The van der Waals surface area contributed by atoms with E-state index < -0.39 is 59.4 Å². The van der Waals surface area contributed by atoms with Gasteiger partial charge in [-0.2, -0.15) is 0 Å². The second-order valence-electron chi connectivity index (χ2n) is 11.6. The molecule has 0 aromatic heterocycles. The SMILES string of the molecule is O=C(CCCCCCCCCC(=O)Oc1ccc(-c2ccc(OC(F)(F)F)c(F)c2)c(F)c1)Oc1ccc(-c2ccc(OC(F)(F)F)c(F)c2)c(F)c1. The normalized spacial score (nSPS) is 11.7. The first-order valence-corrected chi connectivity index (χ1v) is 16.1. The molecule has 0 spiro atoms. The zero-order chi connectivity index (χ0) is 38.8. The van der Waals surface area contributed by atoms with E-state index in [1.54, 1.807) is 0 Å². The summed E-state index contributed by atoms with van der Waals surface area (Å²) in [5.41, 5.74) is -0.364. The number of alkyl halides is 6. The first-order valence-electron chi connectivity index (χ1n) is 16.1. The first kappa shape index (κ1) is 40.5. The predicted molar refractivity (Wildman–Crippen MR) is 170 cm³/mol. The highest BCUT2D eigenvalue weighted by atomic mass is 19.4. The van der Waals surface area contributed by atoms with Crippen LogP contribution in [0, 0.1) is 23.3 Å². The molecule has 0 unspecified atom stereocenters. The standard InChI is InChI=1S/C37H30F10O6/c38-28-20-24(12-14-26(28)22-10-16-32(30(40)18-22)52-36(42,43)44)50-34(48)8-6-4-2-1-3-5-7-9-35(49)51-25-13-15-27(29(39)21-25)23-11-17-33(31(41)19-23)53-37(45,46)47/h10-21H,1-9H2. The summed E-state index contributed by atoms with van der Waals surface area (Å²) < 4.78 is 149. The summed E-state index contributed by atoms with van der Waals surface area (Å²) in [5.74, 6) is -7.98. The van der Waals surface area contributed by atoms with Crippen LogP contribution in [-0.4, -0.2) is 24.7 Å². The maximum Gasteiger partial charge on any atom is 0.573 e. The van der Waals surface area contributed by atoms with Gasteiger partial charge in [0.1, 0.15) is 23.1 Å². The number of esters is 2. The van der Waals surface area contributed by atoms with Gasteiger partial charge in [0, 0.05) is 36.1 Å². The number of benzene rings is 4. The summed E-state index contributed by atoms with van der Waals surface area (Å²) in [6, 6.07) is 11.7. The van der Waals surface area contributed by atoms with Crippen molar-refractivity contribution in [2.75, 3.05) is 0 Å². The van der Waals surface area contributed by atoms with Crippen LogP contribution in [0.3, 0.4) is 0 Å². The van der Waals surface area contributed by atoms with Gasteiger partial charge in [-0.05, 0) is 72.5 Å². The molecule has 0 saturated carbocycles. The molecule has 53 heavy (non-hydrogen) atoms. The highest BCUT2D eigenvalue weighted by molar-refractivity contribution is 5.74. The molecule has 0 atom stereocenters. The van der Waals surface area contributed by atoms with Gasteiger partial charge in [-0.15, -0.1) is 26.3 Å². The van der Waals surface area contributed by atoms with Crippen molar-refractivity contribution in [3.63, 3.8) is 0 Å². The van der Waals surface area contributed by atoms with E-state index in [1.807, 2.05) is 0 Å².